The number of aromatic nitrogens is 2. The maximum Gasteiger partial charge on any atom is 0.498 e. The Morgan fingerprint density at radius 2 is 1.94 bits per heavy atom. The van der Waals surface area contributed by atoms with Crippen LogP contribution in [0.15, 0.2) is 6.20 Å². The zero-order valence-corrected chi connectivity index (χ0v) is 11.5. The van der Waals surface area contributed by atoms with Gasteiger partial charge in [0.05, 0.1) is 23.4 Å². The Kier molecular flexibility index (Phi) is 2.59. The van der Waals surface area contributed by atoms with Crippen molar-refractivity contribution in [2.24, 2.45) is 0 Å². The number of fused-ring (bicyclic) bond motifs is 1. The maximum atomic E-state index is 6.07. The van der Waals surface area contributed by atoms with Crippen molar-refractivity contribution >= 4 is 12.6 Å². The first-order valence-corrected chi connectivity index (χ1v) is 6.52. The summed E-state index contributed by atoms with van der Waals surface area (Å²) in [5, 5.41) is 7.77. The lowest BCUT2D eigenvalue weighted by molar-refractivity contribution is 0.00578. The number of rotatable bonds is 1. The number of hydrogen-bond donors (Lipinski definition) is 1. The van der Waals surface area contributed by atoms with Crippen molar-refractivity contribution in [2.75, 3.05) is 6.54 Å². The number of nitrogens with one attached hydrogen (secondary N) is 1. The van der Waals surface area contributed by atoms with Crippen molar-refractivity contribution in [1.29, 1.82) is 0 Å². The molecule has 0 bridgehead atoms. The molecule has 6 heteroatoms. The van der Waals surface area contributed by atoms with Crippen molar-refractivity contribution in [3.63, 3.8) is 0 Å². The van der Waals surface area contributed by atoms with Crippen LogP contribution in [0.5, 0.6) is 0 Å². The van der Waals surface area contributed by atoms with E-state index >= 15 is 0 Å². The second-order valence-electron chi connectivity index (χ2n) is 6.03. The summed E-state index contributed by atoms with van der Waals surface area (Å²) < 4.78 is 14.2. The largest absolute Gasteiger partial charge is 0.498 e. The van der Waals surface area contributed by atoms with Crippen LogP contribution in [-0.4, -0.2) is 34.6 Å². The molecule has 1 N–H and O–H groups in total. The summed E-state index contributed by atoms with van der Waals surface area (Å²) in [4.78, 5) is 0. The summed E-state index contributed by atoms with van der Waals surface area (Å²) in [5.41, 5.74) is 1.64. The molecule has 5 nitrogen and oxygen atoms in total. The van der Waals surface area contributed by atoms with Crippen molar-refractivity contribution in [1.82, 2.24) is 15.1 Å². The molecule has 0 spiro atoms. The second-order valence-corrected chi connectivity index (χ2v) is 6.03. The van der Waals surface area contributed by atoms with E-state index in [9.17, 15) is 0 Å². The molecule has 2 aliphatic heterocycles. The third-order valence-electron chi connectivity index (χ3n) is 4.28. The van der Waals surface area contributed by atoms with Gasteiger partial charge in [0.25, 0.3) is 0 Å². The first-order chi connectivity index (χ1) is 8.41. The summed E-state index contributed by atoms with van der Waals surface area (Å²) in [5.74, 6) is 0. The Hall–Kier alpha value is -0.845. The third-order valence-corrected chi connectivity index (χ3v) is 4.28. The van der Waals surface area contributed by atoms with Gasteiger partial charge in [-0.3, -0.25) is 4.68 Å². The van der Waals surface area contributed by atoms with Gasteiger partial charge < -0.3 is 14.6 Å². The van der Waals surface area contributed by atoms with E-state index in [-0.39, 0.29) is 18.3 Å². The van der Waals surface area contributed by atoms with Crippen LogP contribution in [0.1, 0.15) is 33.4 Å². The molecule has 0 aliphatic carbocycles. The smallest absolute Gasteiger partial charge is 0.399 e. The van der Waals surface area contributed by atoms with E-state index in [1.54, 1.807) is 0 Å². The molecule has 0 amide bonds. The van der Waals surface area contributed by atoms with Crippen LogP contribution in [0.2, 0.25) is 0 Å². The quantitative estimate of drug-likeness (QED) is 0.726. The molecular weight excluding hydrogens is 229 g/mol. The van der Waals surface area contributed by atoms with Crippen LogP contribution < -0.4 is 10.8 Å². The first kappa shape index (κ1) is 12.2. The van der Waals surface area contributed by atoms with E-state index in [0.29, 0.717) is 0 Å². The first-order valence-electron chi connectivity index (χ1n) is 6.52. The average molecular weight is 249 g/mol. The maximum absolute atomic E-state index is 6.07. The van der Waals surface area contributed by atoms with E-state index in [2.05, 4.69) is 38.1 Å². The lowest BCUT2D eigenvalue weighted by atomic mass is 9.79. The van der Waals surface area contributed by atoms with E-state index in [1.807, 2.05) is 10.9 Å². The minimum absolute atomic E-state index is 0.297. The second kappa shape index (κ2) is 3.82. The summed E-state index contributed by atoms with van der Waals surface area (Å²) >= 11 is 0. The molecule has 98 valence electrons. The predicted molar refractivity (Wildman–Crippen MR) is 69.6 cm³/mol. The van der Waals surface area contributed by atoms with Gasteiger partial charge in [-0.2, -0.15) is 5.10 Å². The molecule has 1 saturated heterocycles. The van der Waals surface area contributed by atoms with Gasteiger partial charge in [-0.15, -0.1) is 0 Å². The van der Waals surface area contributed by atoms with E-state index in [1.165, 1.54) is 5.69 Å². The van der Waals surface area contributed by atoms with Gasteiger partial charge >= 0.3 is 7.12 Å². The van der Waals surface area contributed by atoms with E-state index in [4.69, 9.17) is 9.31 Å². The van der Waals surface area contributed by atoms with Gasteiger partial charge in [0.15, 0.2) is 0 Å². The Labute approximate surface area is 108 Å². The lowest BCUT2D eigenvalue weighted by Gasteiger charge is -2.32. The van der Waals surface area contributed by atoms with Crippen LogP contribution in [0.3, 0.4) is 0 Å². The molecule has 1 fully saturated rings. The molecule has 3 heterocycles. The predicted octanol–water partition coefficient (Wildman–Crippen LogP) is 0.285. The highest BCUT2D eigenvalue weighted by Gasteiger charge is 2.52. The average Bonchev–Trinajstić information content (AvgIpc) is 2.78. The van der Waals surface area contributed by atoms with Gasteiger partial charge in [0.2, 0.25) is 0 Å². The van der Waals surface area contributed by atoms with Crippen molar-refractivity contribution < 1.29 is 9.31 Å². The summed E-state index contributed by atoms with van der Waals surface area (Å²) in [7, 11) is -0.307. The summed E-state index contributed by atoms with van der Waals surface area (Å²) in [6.07, 6.45) is 1.88. The van der Waals surface area contributed by atoms with Crippen LogP contribution in [0, 0.1) is 0 Å². The van der Waals surface area contributed by atoms with Crippen molar-refractivity contribution in [2.45, 2.75) is 52.0 Å². The van der Waals surface area contributed by atoms with E-state index in [0.717, 1.165) is 25.1 Å². The summed E-state index contributed by atoms with van der Waals surface area (Å²) in [6, 6.07) is 0. The van der Waals surface area contributed by atoms with Crippen LogP contribution >= 0.6 is 0 Å². The topological polar surface area (TPSA) is 48.3 Å². The van der Waals surface area contributed by atoms with Crippen LogP contribution in [0.4, 0.5) is 0 Å². The molecule has 0 radical (unpaired) electrons. The minimum atomic E-state index is -0.307. The molecule has 0 unspecified atom stereocenters. The fourth-order valence-corrected chi connectivity index (χ4v) is 2.37. The van der Waals surface area contributed by atoms with E-state index < -0.39 is 0 Å². The molecule has 0 saturated carbocycles. The van der Waals surface area contributed by atoms with Crippen LogP contribution in [-0.2, 0) is 22.4 Å². The Balaban J connectivity index is 1.91. The Bertz CT molecular complexity index is 454. The zero-order valence-electron chi connectivity index (χ0n) is 11.5. The SMILES string of the molecule is CC1(C)OB(c2cnn3c2CNCC3)OC1(C)C. The monoisotopic (exact) mass is 249 g/mol. The Morgan fingerprint density at radius 3 is 2.61 bits per heavy atom. The van der Waals surface area contributed by atoms with Gasteiger partial charge in [-0.05, 0) is 27.7 Å². The molecule has 0 aromatic carbocycles. The van der Waals surface area contributed by atoms with Crippen LogP contribution in [0.25, 0.3) is 0 Å². The van der Waals surface area contributed by atoms with Gasteiger partial charge in [-0.25, -0.2) is 0 Å². The summed E-state index contributed by atoms with van der Waals surface area (Å²) in [6.45, 7) is 11.0. The highest BCUT2D eigenvalue weighted by molar-refractivity contribution is 6.62. The lowest BCUT2D eigenvalue weighted by Crippen LogP contribution is -2.41. The molecule has 3 rings (SSSR count). The standard InChI is InChI=1S/C12H20BN3O2/c1-11(2)12(3,4)18-13(17-11)9-7-15-16-6-5-14-8-10(9)16/h7,14H,5-6,8H2,1-4H3. The highest BCUT2D eigenvalue weighted by Crippen LogP contribution is 2.36. The molecular formula is C12H20BN3O2. The molecule has 1 aromatic rings. The Morgan fingerprint density at radius 1 is 1.28 bits per heavy atom. The van der Waals surface area contributed by atoms with Gasteiger partial charge in [0, 0.05) is 24.7 Å². The number of nitrogens with zero attached hydrogens (tertiary/aromatic N) is 2. The fraction of sp³-hybridized carbons (Fsp3) is 0.750. The molecule has 1 aromatic heterocycles. The highest BCUT2D eigenvalue weighted by atomic mass is 16.7. The van der Waals surface area contributed by atoms with Gasteiger partial charge in [0.1, 0.15) is 0 Å². The third kappa shape index (κ3) is 1.71. The molecule has 18 heavy (non-hydrogen) atoms. The van der Waals surface area contributed by atoms with Gasteiger partial charge in [-0.1, -0.05) is 0 Å². The van der Waals surface area contributed by atoms with Crippen molar-refractivity contribution in [3.8, 4) is 0 Å². The fourth-order valence-electron chi connectivity index (χ4n) is 2.37. The molecule has 0 atom stereocenters. The molecule has 2 aliphatic rings. The minimum Gasteiger partial charge on any atom is -0.399 e. The van der Waals surface area contributed by atoms with Crippen molar-refractivity contribution in [3.05, 3.63) is 11.9 Å². The number of hydrogen-bond acceptors (Lipinski definition) is 4. The normalized spacial score (nSPS) is 25.2. The zero-order chi connectivity index (χ0) is 13.0.